The molecule has 0 bridgehead atoms. The highest BCUT2D eigenvalue weighted by atomic mass is 35.5. The molecule has 194 valence electrons. The van der Waals surface area contributed by atoms with E-state index in [1.165, 1.54) is 33.3 Å². The molecule has 10 heteroatoms. The highest BCUT2D eigenvalue weighted by Gasteiger charge is 2.18. The van der Waals surface area contributed by atoms with Crippen LogP contribution in [0.15, 0.2) is 94.8 Å². The Morgan fingerprint density at radius 1 is 0.575 bits per heavy atom. The Labute approximate surface area is 235 Å². The summed E-state index contributed by atoms with van der Waals surface area (Å²) in [5.41, 5.74) is 3.67. The van der Waals surface area contributed by atoms with Crippen molar-refractivity contribution >= 4 is 47.1 Å². The highest BCUT2D eigenvalue weighted by molar-refractivity contribution is 6.39. The van der Waals surface area contributed by atoms with E-state index in [1.807, 2.05) is 0 Å². The minimum absolute atomic E-state index is 0.329. The lowest BCUT2D eigenvalue weighted by molar-refractivity contribution is 0.111. The summed E-state index contributed by atoms with van der Waals surface area (Å²) in [6.45, 7) is 0. The topological polar surface area (TPSA) is 103 Å². The average Bonchev–Trinajstić information content (AvgIpc) is 2.97. The Balaban J connectivity index is 1.47. The van der Waals surface area contributed by atoms with Gasteiger partial charge in [-0.05, 0) is 24.3 Å². The minimum atomic E-state index is -0.362. The maximum absolute atomic E-state index is 12.8. The van der Waals surface area contributed by atoms with Gasteiger partial charge in [-0.25, -0.2) is 9.97 Å². The van der Waals surface area contributed by atoms with Crippen LogP contribution < -0.4 is 11.1 Å². The van der Waals surface area contributed by atoms with Crippen LogP contribution in [0.2, 0.25) is 10.0 Å². The van der Waals surface area contributed by atoms with Crippen molar-refractivity contribution < 1.29 is 9.59 Å². The number of fused-ring (bicyclic) bond motifs is 2. The summed E-state index contributed by atoms with van der Waals surface area (Å²) in [5.74, 6) is 0. The summed E-state index contributed by atoms with van der Waals surface area (Å²) in [5, 5.41) is 0.658. The van der Waals surface area contributed by atoms with Crippen molar-refractivity contribution in [2.45, 2.75) is 0 Å². The van der Waals surface area contributed by atoms with E-state index in [-0.39, 0.29) is 11.1 Å². The SMILES string of the molecule is O=Cc1ccc2nc(-c3cccc(-c4cccc(-c5cc(=O)n6cc(C=O)ccc6n5)c4Cl)c3Cl)cc(=O)n2c1. The molecule has 0 saturated carbocycles. The van der Waals surface area contributed by atoms with Crippen molar-refractivity contribution in [3.8, 4) is 33.6 Å². The molecule has 0 spiro atoms. The van der Waals surface area contributed by atoms with Crippen molar-refractivity contribution in [2.75, 3.05) is 0 Å². The van der Waals surface area contributed by atoms with E-state index in [0.717, 1.165) is 0 Å². The van der Waals surface area contributed by atoms with Crippen LogP contribution in [-0.2, 0) is 0 Å². The van der Waals surface area contributed by atoms with E-state index in [1.54, 1.807) is 60.7 Å². The molecule has 0 fully saturated rings. The molecule has 0 aliphatic rings. The number of hydrogen-bond donors (Lipinski definition) is 0. The lowest BCUT2D eigenvalue weighted by Crippen LogP contribution is -2.15. The lowest BCUT2D eigenvalue weighted by atomic mass is 9.98. The Morgan fingerprint density at radius 3 is 1.38 bits per heavy atom. The summed E-state index contributed by atoms with van der Waals surface area (Å²) in [6, 6.07) is 19.7. The summed E-state index contributed by atoms with van der Waals surface area (Å²) in [6.07, 6.45) is 4.18. The second-order valence-corrected chi connectivity index (χ2v) is 9.67. The van der Waals surface area contributed by atoms with E-state index < -0.39 is 0 Å². The number of pyridine rings is 2. The number of aromatic nitrogens is 4. The third kappa shape index (κ3) is 4.29. The fourth-order valence-electron chi connectivity index (χ4n) is 4.53. The molecule has 0 N–H and O–H groups in total. The number of hydrogen-bond acceptors (Lipinski definition) is 6. The fraction of sp³-hybridized carbons (Fsp3) is 0. The molecule has 2 aromatic carbocycles. The van der Waals surface area contributed by atoms with Crippen molar-refractivity contribution in [3.05, 3.63) is 127 Å². The molecule has 0 amide bonds. The summed E-state index contributed by atoms with van der Waals surface area (Å²) in [7, 11) is 0. The zero-order valence-corrected chi connectivity index (χ0v) is 21.9. The number of aldehydes is 2. The van der Waals surface area contributed by atoms with Gasteiger partial charge in [0.15, 0.2) is 12.6 Å². The van der Waals surface area contributed by atoms with Crippen LogP contribution in [0.4, 0.5) is 0 Å². The van der Waals surface area contributed by atoms with Crippen LogP contribution in [0, 0.1) is 0 Å². The summed E-state index contributed by atoms with van der Waals surface area (Å²) in [4.78, 5) is 57.0. The van der Waals surface area contributed by atoms with E-state index in [0.29, 0.717) is 78.7 Å². The molecule has 0 radical (unpaired) electrons. The van der Waals surface area contributed by atoms with Gasteiger partial charge in [0, 0.05) is 57.9 Å². The van der Waals surface area contributed by atoms with Crippen molar-refractivity contribution in [3.63, 3.8) is 0 Å². The minimum Gasteiger partial charge on any atom is -0.298 e. The van der Waals surface area contributed by atoms with Gasteiger partial charge in [0.25, 0.3) is 11.1 Å². The van der Waals surface area contributed by atoms with Gasteiger partial charge < -0.3 is 0 Å². The highest BCUT2D eigenvalue weighted by Crippen LogP contribution is 2.41. The monoisotopic (exact) mass is 566 g/mol. The number of rotatable bonds is 5. The maximum atomic E-state index is 12.8. The van der Waals surface area contributed by atoms with Crippen LogP contribution in [0.25, 0.3) is 44.9 Å². The normalized spacial score (nSPS) is 11.2. The van der Waals surface area contributed by atoms with Gasteiger partial charge >= 0.3 is 0 Å². The summed E-state index contributed by atoms with van der Waals surface area (Å²) >= 11 is 13.8. The lowest BCUT2D eigenvalue weighted by Gasteiger charge is -2.14. The molecule has 0 saturated heterocycles. The van der Waals surface area contributed by atoms with Gasteiger partial charge in [-0.1, -0.05) is 59.6 Å². The van der Waals surface area contributed by atoms with Gasteiger partial charge in [0.05, 0.1) is 21.4 Å². The smallest absolute Gasteiger partial charge is 0.258 e. The molecule has 8 nitrogen and oxygen atoms in total. The van der Waals surface area contributed by atoms with Gasteiger partial charge in [-0.15, -0.1) is 0 Å². The Kier molecular flexibility index (Phi) is 6.34. The molecule has 4 aromatic heterocycles. The molecule has 6 aromatic rings. The molecule has 0 unspecified atom stereocenters. The second kappa shape index (κ2) is 10.00. The second-order valence-electron chi connectivity index (χ2n) is 8.91. The number of benzene rings is 2. The van der Waals surface area contributed by atoms with E-state index in [4.69, 9.17) is 23.2 Å². The molecular formula is C30H16Cl2N4O4. The van der Waals surface area contributed by atoms with E-state index >= 15 is 0 Å². The number of halogens is 2. The van der Waals surface area contributed by atoms with Gasteiger partial charge in [0.1, 0.15) is 11.3 Å². The van der Waals surface area contributed by atoms with Crippen molar-refractivity contribution in [1.29, 1.82) is 0 Å². The third-order valence-corrected chi connectivity index (χ3v) is 7.29. The first-order valence-corrected chi connectivity index (χ1v) is 12.7. The van der Waals surface area contributed by atoms with Gasteiger partial charge in [0.2, 0.25) is 0 Å². The first-order chi connectivity index (χ1) is 19.4. The third-order valence-electron chi connectivity index (χ3n) is 6.48. The molecule has 6 rings (SSSR count). The Morgan fingerprint density at radius 2 is 0.975 bits per heavy atom. The number of carbonyl (C=O) groups is 2. The van der Waals surface area contributed by atoms with Crippen LogP contribution in [-0.4, -0.2) is 31.3 Å². The maximum Gasteiger partial charge on any atom is 0.258 e. The predicted molar refractivity (Wildman–Crippen MR) is 154 cm³/mol. The zero-order valence-electron chi connectivity index (χ0n) is 20.4. The first kappa shape index (κ1) is 25.4. The zero-order chi connectivity index (χ0) is 28.0. The summed E-state index contributed by atoms with van der Waals surface area (Å²) < 4.78 is 2.59. The van der Waals surface area contributed by atoms with Crippen LogP contribution in [0.1, 0.15) is 20.7 Å². The molecule has 0 atom stereocenters. The average molecular weight is 567 g/mol. The van der Waals surface area contributed by atoms with Crippen molar-refractivity contribution in [2.24, 2.45) is 0 Å². The van der Waals surface area contributed by atoms with Gasteiger partial charge in [-0.2, -0.15) is 0 Å². The van der Waals surface area contributed by atoms with Crippen LogP contribution in [0.3, 0.4) is 0 Å². The molecule has 4 heterocycles. The Hall–Kier alpha value is -4.92. The van der Waals surface area contributed by atoms with E-state index in [9.17, 15) is 19.2 Å². The number of carbonyl (C=O) groups excluding carboxylic acids is 2. The molecule has 40 heavy (non-hydrogen) atoms. The number of nitrogens with zero attached hydrogens (tertiary/aromatic N) is 4. The molecular weight excluding hydrogens is 551 g/mol. The van der Waals surface area contributed by atoms with Crippen LogP contribution >= 0.6 is 23.2 Å². The quantitative estimate of drug-likeness (QED) is 0.250. The fourth-order valence-corrected chi connectivity index (χ4v) is 5.18. The van der Waals surface area contributed by atoms with Gasteiger partial charge in [-0.3, -0.25) is 28.0 Å². The first-order valence-electron chi connectivity index (χ1n) is 11.9. The predicted octanol–water partition coefficient (Wildman–Crippen LogP) is 5.64. The molecule has 0 aliphatic heterocycles. The standard InChI is InChI=1S/C30H16Cl2N4O4/c31-29-19(3-1-5-21(29)23-11-27(39)35-13-17(15-37)7-9-25(35)33-23)20-4-2-6-22(30(20)32)24-12-28(40)36-14-18(16-38)8-10-26(36)34-24/h1-16H. The largest absolute Gasteiger partial charge is 0.298 e. The van der Waals surface area contributed by atoms with Crippen molar-refractivity contribution in [1.82, 2.24) is 18.8 Å². The van der Waals surface area contributed by atoms with E-state index in [2.05, 4.69) is 9.97 Å². The van der Waals surface area contributed by atoms with Crippen LogP contribution in [0.5, 0.6) is 0 Å². The molecule has 0 aliphatic carbocycles. The Bertz CT molecular complexity index is 1980.